The maximum atomic E-state index is 12.0. The van der Waals surface area contributed by atoms with Gasteiger partial charge in [-0.1, -0.05) is 31.9 Å². The molecule has 0 spiro atoms. The average molecular weight is 377 g/mol. The van der Waals surface area contributed by atoms with Gasteiger partial charge in [-0.25, -0.2) is 0 Å². The van der Waals surface area contributed by atoms with Crippen LogP contribution in [0.5, 0.6) is 5.75 Å². The Labute approximate surface area is 161 Å². The van der Waals surface area contributed by atoms with Crippen LogP contribution in [0.15, 0.2) is 24.3 Å². The van der Waals surface area contributed by atoms with Crippen molar-refractivity contribution in [3.05, 3.63) is 29.8 Å². The SMILES string of the molecule is CCOc1ccc(CC(CNC(=O)COC2CCCCC2C)C(=O)O)cc1. The van der Waals surface area contributed by atoms with Gasteiger partial charge in [-0.2, -0.15) is 0 Å². The Balaban J connectivity index is 1.77. The van der Waals surface area contributed by atoms with Crippen LogP contribution in [-0.4, -0.2) is 42.8 Å². The van der Waals surface area contributed by atoms with Crippen molar-refractivity contribution >= 4 is 11.9 Å². The van der Waals surface area contributed by atoms with Crippen molar-refractivity contribution in [1.29, 1.82) is 0 Å². The lowest BCUT2D eigenvalue weighted by Gasteiger charge is -2.28. The molecule has 1 aliphatic carbocycles. The van der Waals surface area contributed by atoms with E-state index in [-0.39, 0.29) is 25.2 Å². The van der Waals surface area contributed by atoms with Crippen molar-refractivity contribution in [2.45, 2.75) is 52.1 Å². The fourth-order valence-electron chi connectivity index (χ4n) is 3.42. The molecule has 1 aliphatic rings. The zero-order chi connectivity index (χ0) is 19.6. The fraction of sp³-hybridized carbons (Fsp3) is 0.619. The summed E-state index contributed by atoms with van der Waals surface area (Å²) in [5.74, 6) is -0.634. The highest BCUT2D eigenvalue weighted by molar-refractivity contribution is 5.78. The van der Waals surface area contributed by atoms with Crippen molar-refractivity contribution < 1.29 is 24.2 Å². The molecular weight excluding hydrogens is 346 g/mol. The van der Waals surface area contributed by atoms with E-state index in [2.05, 4.69) is 12.2 Å². The quantitative estimate of drug-likeness (QED) is 0.655. The Morgan fingerprint density at radius 2 is 1.93 bits per heavy atom. The number of hydrogen-bond acceptors (Lipinski definition) is 4. The summed E-state index contributed by atoms with van der Waals surface area (Å²) in [6, 6.07) is 7.37. The molecule has 6 nitrogen and oxygen atoms in total. The molecule has 3 atom stereocenters. The molecule has 0 aromatic heterocycles. The average Bonchev–Trinajstić information content (AvgIpc) is 2.65. The number of hydrogen-bond donors (Lipinski definition) is 2. The Hall–Kier alpha value is -2.08. The number of carbonyl (C=O) groups excluding carboxylic acids is 1. The van der Waals surface area contributed by atoms with Crippen LogP contribution in [-0.2, 0) is 20.7 Å². The fourth-order valence-corrected chi connectivity index (χ4v) is 3.42. The van der Waals surface area contributed by atoms with Gasteiger partial charge < -0.3 is 19.9 Å². The number of ether oxygens (including phenoxy) is 2. The molecule has 150 valence electrons. The van der Waals surface area contributed by atoms with Crippen LogP contribution in [0.4, 0.5) is 0 Å². The van der Waals surface area contributed by atoms with E-state index in [9.17, 15) is 14.7 Å². The number of amides is 1. The summed E-state index contributed by atoms with van der Waals surface area (Å²) in [7, 11) is 0. The van der Waals surface area contributed by atoms with E-state index in [0.29, 0.717) is 18.9 Å². The van der Waals surface area contributed by atoms with E-state index in [1.54, 1.807) is 0 Å². The molecule has 3 unspecified atom stereocenters. The molecular formula is C21H31NO5. The van der Waals surface area contributed by atoms with Gasteiger partial charge in [-0.05, 0) is 49.8 Å². The molecule has 0 heterocycles. The molecule has 2 rings (SSSR count). The van der Waals surface area contributed by atoms with Crippen molar-refractivity contribution in [1.82, 2.24) is 5.32 Å². The molecule has 1 saturated carbocycles. The zero-order valence-corrected chi connectivity index (χ0v) is 16.3. The van der Waals surface area contributed by atoms with Gasteiger partial charge in [0.2, 0.25) is 5.91 Å². The van der Waals surface area contributed by atoms with Crippen molar-refractivity contribution in [2.24, 2.45) is 11.8 Å². The third-order valence-electron chi connectivity index (χ3n) is 5.07. The Morgan fingerprint density at radius 3 is 2.56 bits per heavy atom. The summed E-state index contributed by atoms with van der Waals surface area (Å²) in [4.78, 5) is 23.6. The summed E-state index contributed by atoms with van der Waals surface area (Å²) in [6.07, 6.45) is 4.96. The van der Waals surface area contributed by atoms with E-state index in [1.807, 2.05) is 31.2 Å². The van der Waals surface area contributed by atoms with Gasteiger partial charge in [0.05, 0.1) is 18.6 Å². The molecule has 2 N–H and O–H groups in total. The summed E-state index contributed by atoms with van der Waals surface area (Å²) >= 11 is 0. The van der Waals surface area contributed by atoms with E-state index < -0.39 is 11.9 Å². The lowest BCUT2D eigenvalue weighted by atomic mass is 9.88. The van der Waals surface area contributed by atoms with Crippen LogP contribution in [0.1, 0.15) is 45.1 Å². The lowest BCUT2D eigenvalue weighted by molar-refractivity contribution is -0.141. The molecule has 0 bridgehead atoms. The van der Waals surface area contributed by atoms with Crippen LogP contribution in [0.2, 0.25) is 0 Å². The number of carboxylic acids is 1. The van der Waals surface area contributed by atoms with Gasteiger partial charge in [0.15, 0.2) is 0 Å². The van der Waals surface area contributed by atoms with E-state index in [1.165, 1.54) is 6.42 Å². The van der Waals surface area contributed by atoms with Crippen molar-refractivity contribution in [3.8, 4) is 5.75 Å². The molecule has 1 aromatic rings. The highest BCUT2D eigenvalue weighted by Crippen LogP contribution is 2.26. The van der Waals surface area contributed by atoms with Gasteiger partial charge in [0.1, 0.15) is 12.4 Å². The monoisotopic (exact) mass is 377 g/mol. The predicted molar refractivity (Wildman–Crippen MR) is 103 cm³/mol. The van der Waals surface area contributed by atoms with Crippen LogP contribution < -0.4 is 10.1 Å². The minimum Gasteiger partial charge on any atom is -0.494 e. The van der Waals surface area contributed by atoms with Gasteiger partial charge in [0.25, 0.3) is 0 Å². The molecule has 0 saturated heterocycles. The van der Waals surface area contributed by atoms with Crippen molar-refractivity contribution in [2.75, 3.05) is 19.8 Å². The number of carboxylic acid groups (broad SMARTS) is 1. The summed E-state index contributed by atoms with van der Waals surface area (Å²) in [6.45, 7) is 4.73. The summed E-state index contributed by atoms with van der Waals surface area (Å²) in [5, 5.41) is 12.1. The summed E-state index contributed by atoms with van der Waals surface area (Å²) in [5.41, 5.74) is 0.896. The highest BCUT2D eigenvalue weighted by atomic mass is 16.5. The first-order valence-electron chi connectivity index (χ1n) is 9.82. The largest absolute Gasteiger partial charge is 0.494 e. The molecule has 27 heavy (non-hydrogen) atoms. The summed E-state index contributed by atoms with van der Waals surface area (Å²) < 4.78 is 11.1. The van der Waals surface area contributed by atoms with Crippen LogP contribution in [0, 0.1) is 11.8 Å². The van der Waals surface area contributed by atoms with E-state index in [4.69, 9.17) is 9.47 Å². The molecule has 6 heteroatoms. The Bertz CT molecular complexity index is 601. The van der Waals surface area contributed by atoms with Crippen LogP contribution >= 0.6 is 0 Å². The molecule has 0 radical (unpaired) electrons. The molecule has 1 fully saturated rings. The number of aliphatic carboxylic acids is 1. The topological polar surface area (TPSA) is 84.9 Å². The van der Waals surface area contributed by atoms with E-state index in [0.717, 1.165) is 30.6 Å². The third-order valence-corrected chi connectivity index (χ3v) is 5.07. The second-order valence-electron chi connectivity index (χ2n) is 7.23. The molecule has 1 amide bonds. The second kappa shape index (κ2) is 10.9. The van der Waals surface area contributed by atoms with Gasteiger partial charge in [-0.15, -0.1) is 0 Å². The first-order chi connectivity index (χ1) is 13.0. The molecule has 1 aromatic carbocycles. The number of nitrogens with one attached hydrogen (secondary N) is 1. The third kappa shape index (κ3) is 7.21. The number of carbonyl (C=O) groups is 2. The van der Waals surface area contributed by atoms with E-state index >= 15 is 0 Å². The van der Waals surface area contributed by atoms with Gasteiger partial charge in [-0.3, -0.25) is 9.59 Å². The maximum Gasteiger partial charge on any atom is 0.308 e. The maximum absolute atomic E-state index is 12.0. The normalized spacial score (nSPS) is 20.7. The lowest BCUT2D eigenvalue weighted by Crippen LogP contribution is -2.37. The number of benzene rings is 1. The number of rotatable bonds is 10. The predicted octanol–water partition coefficient (Wildman–Crippen LogP) is 3.04. The molecule has 0 aliphatic heterocycles. The minimum absolute atomic E-state index is 0.00952. The second-order valence-corrected chi connectivity index (χ2v) is 7.23. The van der Waals surface area contributed by atoms with Gasteiger partial charge in [0, 0.05) is 6.54 Å². The Morgan fingerprint density at radius 1 is 1.22 bits per heavy atom. The van der Waals surface area contributed by atoms with Crippen molar-refractivity contribution in [3.63, 3.8) is 0 Å². The first-order valence-corrected chi connectivity index (χ1v) is 9.82. The Kier molecular flexibility index (Phi) is 8.58. The highest BCUT2D eigenvalue weighted by Gasteiger charge is 2.23. The van der Waals surface area contributed by atoms with Gasteiger partial charge >= 0.3 is 5.97 Å². The standard InChI is InChI=1S/C21H31NO5/c1-3-26-18-10-8-16(9-11-18)12-17(21(24)25)13-22-20(23)14-27-19-7-5-4-6-15(19)2/h8-11,15,17,19H,3-7,12-14H2,1-2H3,(H,22,23)(H,24,25). The van der Waals surface area contributed by atoms with Crippen LogP contribution in [0.3, 0.4) is 0 Å². The first kappa shape index (κ1) is 21.2. The van der Waals surface area contributed by atoms with Crippen LogP contribution in [0.25, 0.3) is 0 Å². The minimum atomic E-state index is -0.925. The smallest absolute Gasteiger partial charge is 0.308 e. The zero-order valence-electron chi connectivity index (χ0n) is 16.3.